The lowest BCUT2D eigenvalue weighted by Crippen LogP contribution is -2.20. The average molecular weight is 377 g/mol. The standard InChI is InChI=1S/C19H17F2NO3S/c1-4-22-10-18(19(23)13-8-14(20)15(21)9-16(13)22)26(24,25)17-6-5-11(2)7-12(17)3/h5-10H,4H2,1-3H3. The highest BCUT2D eigenvalue weighted by Gasteiger charge is 2.25. The lowest BCUT2D eigenvalue weighted by Gasteiger charge is -2.13. The molecule has 4 nitrogen and oxygen atoms in total. The highest BCUT2D eigenvalue weighted by atomic mass is 32.2. The van der Waals surface area contributed by atoms with Crippen molar-refractivity contribution in [3.8, 4) is 0 Å². The molecule has 0 saturated carbocycles. The van der Waals surface area contributed by atoms with Gasteiger partial charge in [0.2, 0.25) is 15.3 Å². The second kappa shape index (κ2) is 6.32. The summed E-state index contributed by atoms with van der Waals surface area (Å²) in [6.07, 6.45) is 1.19. The van der Waals surface area contributed by atoms with E-state index in [0.717, 1.165) is 17.7 Å². The maximum atomic E-state index is 13.7. The molecular weight excluding hydrogens is 360 g/mol. The summed E-state index contributed by atoms with van der Waals surface area (Å²) in [5.74, 6) is -2.29. The van der Waals surface area contributed by atoms with Crippen LogP contribution in [0.25, 0.3) is 10.9 Å². The first-order chi connectivity index (χ1) is 12.2. The number of rotatable bonds is 3. The van der Waals surface area contributed by atoms with Gasteiger partial charge in [0.05, 0.1) is 15.8 Å². The molecule has 1 heterocycles. The predicted octanol–water partition coefficient (Wildman–Crippen LogP) is 3.75. The lowest BCUT2D eigenvalue weighted by molar-refractivity contribution is 0.510. The molecule has 0 fully saturated rings. The fourth-order valence-electron chi connectivity index (χ4n) is 3.03. The number of hydrogen-bond acceptors (Lipinski definition) is 3. The summed E-state index contributed by atoms with van der Waals surface area (Å²) in [4.78, 5) is 12.3. The highest BCUT2D eigenvalue weighted by Crippen LogP contribution is 2.25. The van der Waals surface area contributed by atoms with E-state index in [-0.39, 0.29) is 22.3 Å². The van der Waals surface area contributed by atoms with Crippen LogP contribution in [0.1, 0.15) is 18.1 Å². The minimum Gasteiger partial charge on any atom is -0.346 e. The van der Waals surface area contributed by atoms with Gasteiger partial charge in [0.1, 0.15) is 4.90 Å². The van der Waals surface area contributed by atoms with E-state index in [1.165, 1.54) is 16.8 Å². The van der Waals surface area contributed by atoms with Gasteiger partial charge >= 0.3 is 0 Å². The topological polar surface area (TPSA) is 56.1 Å². The van der Waals surface area contributed by atoms with E-state index in [2.05, 4.69) is 0 Å². The number of pyridine rings is 1. The Morgan fingerprint density at radius 1 is 1.00 bits per heavy atom. The molecule has 0 saturated heterocycles. The van der Waals surface area contributed by atoms with Gasteiger partial charge in [0, 0.05) is 18.8 Å². The molecule has 0 bridgehead atoms. The van der Waals surface area contributed by atoms with Crippen LogP contribution in [0, 0.1) is 25.5 Å². The maximum absolute atomic E-state index is 13.7. The zero-order valence-corrected chi connectivity index (χ0v) is 15.3. The van der Waals surface area contributed by atoms with Crippen LogP contribution in [-0.2, 0) is 16.4 Å². The Hall–Kier alpha value is -2.54. The molecule has 3 rings (SSSR count). The fraction of sp³-hybridized carbons (Fsp3) is 0.211. The van der Waals surface area contributed by atoms with Crippen LogP contribution in [0.4, 0.5) is 8.78 Å². The van der Waals surface area contributed by atoms with Crippen molar-refractivity contribution in [3.63, 3.8) is 0 Å². The quantitative estimate of drug-likeness (QED) is 0.699. The van der Waals surface area contributed by atoms with E-state index < -0.39 is 31.8 Å². The first-order valence-corrected chi connectivity index (χ1v) is 9.49. The molecule has 26 heavy (non-hydrogen) atoms. The summed E-state index contributed by atoms with van der Waals surface area (Å²) >= 11 is 0. The molecule has 0 radical (unpaired) electrons. The van der Waals surface area contributed by atoms with E-state index in [9.17, 15) is 22.0 Å². The van der Waals surface area contributed by atoms with Crippen molar-refractivity contribution >= 4 is 20.7 Å². The summed E-state index contributed by atoms with van der Waals surface area (Å²) in [6.45, 7) is 5.49. The molecule has 0 N–H and O–H groups in total. The van der Waals surface area contributed by atoms with E-state index in [1.807, 2.05) is 6.92 Å². The number of aryl methyl sites for hydroxylation is 3. The normalized spacial score (nSPS) is 11.9. The van der Waals surface area contributed by atoms with Crippen molar-refractivity contribution in [3.05, 3.63) is 69.5 Å². The first-order valence-electron chi connectivity index (χ1n) is 8.01. The van der Waals surface area contributed by atoms with Gasteiger partial charge in [-0.1, -0.05) is 17.7 Å². The van der Waals surface area contributed by atoms with Gasteiger partial charge in [-0.15, -0.1) is 0 Å². The van der Waals surface area contributed by atoms with Gasteiger partial charge in [-0.05, 0) is 38.5 Å². The Labute approximate surface area is 149 Å². The van der Waals surface area contributed by atoms with Gasteiger partial charge in [0.15, 0.2) is 11.6 Å². The minimum absolute atomic E-state index is 0.0183. The molecule has 0 aliphatic heterocycles. The molecule has 136 valence electrons. The Morgan fingerprint density at radius 3 is 2.27 bits per heavy atom. The number of benzene rings is 2. The van der Waals surface area contributed by atoms with E-state index >= 15 is 0 Å². The van der Waals surface area contributed by atoms with Crippen molar-refractivity contribution in [2.75, 3.05) is 0 Å². The summed E-state index contributed by atoms with van der Waals surface area (Å²) in [7, 11) is -4.11. The van der Waals surface area contributed by atoms with Gasteiger partial charge in [-0.2, -0.15) is 0 Å². The minimum atomic E-state index is -4.11. The van der Waals surface area contributed by atoms with Gasteiger partial charge in [-0.3, -0.25) is 4.79 Å². The van der Waals surface area contributed by atoms with Crippen LogP contribution in [0.3, 0.4) is 0 Å². The number of aromatic nitrogens is 1. The largest absolute Gasteiger partial charge is 0.346 e. The van der Waals surface area contributed by atoms with E-state index in [4.69, 9.17) is 0 Å². The van der Waals surface area contributed by atoms with Gasteiger partial charge < -0.3 is 4.57 Å². The molecule has 3 aromatic rings. The predicted molar refractivity (Wildman–Crippen MR) is 95.2 cm³/mol. The number of fused-ring (bicyclic) bond motifs is 1. The third kappa shape index (κ3) is 2.82. The average Bonchev–Trinajstić information content (AvgIpc) is 2.56. The van der Waals surface area contributed by atoms with Gasteiger partial charge in [0.25, 0.3) is 0 Å². The highest BCUT2D eigenvalue weighted by molar-refractivity contribution is 7.91. The van der Waals surface area contributed by atoms with Crippen molar-refractivity contribution < 1.29 is 17.2 Å². The number of halogens is 2. The summed E-state index contributed by atoms with van der Waals surface area (Å²) < 4.78 is 54.8. The molecule has 7 heteroatoms. The first kappa shape index (κ1) is 18.3. The molecule has 1 aromatic heterocycles. The molecule has 0 aliphatic carbocycles. The van der Waals surface area contributed by atoms with Crippen molar-refractivity contribution in [2.24, 2.45) is 0 Å². The summed E-state index contributed by atoms with van der Waals surface area (Å²) in [5, 5.41) is -0.170. The molecule has 0 amide bonds. The molecular formula is C19H17F2NO3S. The smallest absolute Gasteiger partial charge is 0.212 e. The molecule has 2 aromatic carbocycles. The fourth-order valence-corrected chi connectivity index (χ4v) is 4.62. The summed E-state index contributed by atoms with van der Waals surface area (Å²) in [6, 6.07) is 6.46. The van der Waals surface area contributed by atoms with Crippen LogP contribution in [-0.4, -0.2) is 13.0 Å². The van der Waals surface area contributed by atoms with Crippen LogP contribution in [0.15, 0.2) is 51.1 Å². The third-order valence-corrected chi connectivity index (χ3v) is 6.25. The van der Waals surface area contributed by atoms with Crippen molar-refractivity contribution in [1.29, 1.82) is 0 Å². The van der Waals surface area contributed by atoms with Crippen LogP contribution < -0.4 is 5.43 Å². The van der Waals surface area contributed by atoms with Crippen molar-refractivity contribution in [1.82, 2.24) is 4.57 Å². The number of hydrogen-bond donors (Lipinski definition) is 0. The Bertz CT molecular complexity index is 1200. The zero-order chi connectivity index (χ0) is 19.2. The zero-order valence-electron chi connectivity index (χ0n) is 14.5. The summed E-state index contributed by atoms with van der Waals surface area (Å²) in [5.41, 5.74) is 0.709. The van der Waals surface area contributed by atoms with Crippen LogP contribution in [0.5, 0.6) is 0 Å². The van der Waals surface area contributed by atoms with Crippen molar-refractivity contribution in [2.45, 2.75) is 37.1 Å². The van der Waals surface area contributed by atoms with Crippen LogP contribution >= 0.6 is 0 Å². The lowest BCUT2D eigenvalue weighted by atomic mass is 10.2. The Balaban J connectivity index is 2.40. The number of nitrogens with zero attached hydrogens (tertiary/aromatic N) is 1. The van der Waals surface area contributed by atoms with E-state index in [1.54, 1.807) is 26.0 Å². The SMILES string of the molecule is CCn1cc(S(=O)(=O)c2ccc(C)cc2C)c(=O)c2cc(F)c(F)cc21. The molecule has 0 spiro atoms. The van der Waals surface area contributed by atoms with E-state index in [0.29, 0.717) is 5.56 Å². The molecule has 0 unspecified atom stereocenters. The monoisotopic (exact) mass is 377 g/mol. The van der Waals surface area contributed by atoms with Gasteiger partial charge in [-0.25, -0.2) is 17.2 Å². The second-order valence-electron chi connectivity index (χ2n) is 6.16. The second-order valence-corrected chi connectivity index (χ2v) is 8.05. The molecule has 0 aliphatic rings. The third-order valence-electron chi connectivity index (χ3n) is 4.34. The Morgan fingerprint density at radius 2 is 1.65 bits per heavy atom. The number of sulfone groups is 1. The Kier molecular flexibility index (Phi) is 4.44. The molecule has 0 atom stereocenters. The van der Waals surface area contributed by atoms with Crippen LogP contribution in [0.2, 0.25) is 0 Å². The maximum Gasteiger partial charge on any atom is 0.212 e.